The van der Waals surface area contributed by atoms with Crippen LogP contribution in [0.2, 0.25) is 0 Å². The fourth-order valence-corrected chi connectivity index (χ4v) is 3.97. The zero-order chi connectivity index (χ0) is 28.4. The number of barbiturate groups is 1. The predicted octanol–water partition coefficient (Wildman–Crippen LogP) is 4.84. The van der Waals surface area contributed by atoms with Crippen LogP contribution in [0.25, 0.3) is 6.08 Å². The number of carbonyl (C=O) groups excluding carboxylic acids is 3. The lowest BCUT2D eigenvalue weighted by molar-refractivity contribution is -0.130. The quantitative estimate of drug-likeness (QED) is 0.210. The van der Waals surface area contributed by atoms with E-state index < -0.39 is 17.8 Å². The van der Waals surface area contributed by atoms with Crippen LogP contribution in [0.3, 0.4) is 0 Å². The van der Waals surface area contributed by atoms with E-state index >= 15 is 0 Å². The van der Waals surface area contributed by atoms with Gasteiger partial charge >= 0.3 is 6.03 Å². The number of nitrogens with zero attached hydrogens (tertiary/aromatic N) is 1. The lowest BCUT2D eigenvalue weighted by atomic mass is 10.0. The topological polar surface area (TPSA) is 103 Å². The average molecular weight is 535 g/mol. The van der Waals surface area contributed by atoms with Gasteiger partial charge in [0.15, 0.2) is 23.0 Å². The van der Waals surface area contributed by atoms with Gasteiger partial charge in [-0.05, 0) is 61.2 Å². The maximum Gasteiger partial charge on any atom is 0.331 e. The minimum absolute atomic E-state index is 0.0695. The first-order valence-corrected chi connectivity index (χ1v) is 12.7. The molecule has 1 fully saturated rings. The van der Waals surface area contributed by atoms with Crippen molar-refractivity contribution < 1.29 is 33.3 Å². The van der Waals surface area contributed by atoms with Crippen molar-refractivity contribution in [3.05, 3.63) is 77.9 Å². The van der Waals surface area contributed by atoms with Crippen molar-refractivity contribution >= 4 is 23.9 Å². The highest BCUT2D eigenvalue weighted by atomic mass is 16.5. The van der Waals surface area contributed by atoms with E-state index in [9.17, 15) is 14.4 Å². The predicted molar refractivity (Wildman–Crippen MR) is 148 cm³/mol. The summed E-state index contributed by atoms with van der Waals surface area (Å²) in [6.45, 7) is 12.4. The molecule has 0 bridgehead atoms. The number of benzene rings is 2. The Balaban J connectivity index is 1.96. The molecule has 0 aromatic heterocycles. The number of nitrogens with one attached hydrogen (secondary N) is 1. The molecule has 1 heterocycles. The van der Waals surface area contributed by atoms with Crippen LogP contribution in [0.1, 0.15) is 37.0 Å². The minimum Gasteiger partial charge on any atom is -0.493 e. The molecule has 0 saturated carbocycles. The van der Waals surface area contributed by atoms with Crippen LogP contribution in [0.15, 0.2) is 61.2 Å². The molecule has 1 N–H and O–H groups in total. The Bertz CT molecular complexity index is 1280. The SMILES string of the molecule is C=CCOc1c(CC=C)cc(/C=C2\C(=O)NC(=O)N(Cc3ccc(OCCC)c(OC)c3)C2=O)cc1OCC. The van der Waals surface area contributed by atoms with Gasteiger partial charge in [-0.1, -0.05) is 31.7 Å². The molecule has 1 saturated heterocycles. The van der Waals surface area contributed by atoms with Crippen molar-refractivity contribution in [3.63, 3.8) is 0 Å². The monoisotopic (exact) mass is 534 g/mol. The minimum atomic E-state index is -0.803. The number of methoxy groups -OCH3 is 1. The highest BCUT2D eigenvalue weighted by molar-refractivity contribution is 6.31. The van der Waals surface area contributed by atoms with Crippen molar-refractivity contribution in [1.82, 2.24) is 10.2 Å². The van der Waals surface area contributed by atoms with Gasteiger partial charge in [0.05, 0.1) is 26.9 Å². The molecule has 0 atom stereocenters. The summed E-state index contributed by atoms with van der Waals surface area (Å²) >= 11 is 0. The molecule has 1 aliphatic heterocycles. The van der Waals surface area contributed by atoms with Gasteiger partial charge in [-0.25, -0.2) is 4.79 Å². The molecule has 206 valence electrons. The summed E-state index contributed by atoms with van der Waals surface area (Å²) in [5.41, 5.74) is 1.74. The summed E-state index contributed by atoms with van der Waals surface area (Å²) in [5, 5.41) is 2.26. The number of amides is 4. The Hall–Kier alpha value is -4.53. The maximum atomic E-state index is 13.4. The summed E-state index contributed by atoms with van der Waals surface area (Å²) in [7, 11) is 1.51. The van der Waals surface area contributed by atoms with Crippen molar-refractivity contribution in [2.75, 3.05) is 26.9 Å². The van der Waals surface area contributed by atoms with Crippen molar-refractivity contribution in [1.29, 1.82) is 0 Å². The molecule has 3 rings (SSSR count). The number of hydrogen-bond donors (Lipinski definition) is 1. The zero-order valence-electron chi connectivity index (χ0n) is 22.6. The summed E-state index contributed by atoms with van der Waals surface area (Å²) in [4.78, 5) is 39.7. The van der Waals surface area contributed by atoms with Crippen LogP contribution < -0.4 is 24.3 Å². The number of imide groups is 2. The van der Waals surface area contributed by atoms with Gasteiger partial charge in [0.1, 0.15) is 12.2 Å². The Morgan fingerprint density at radius 1 is 0.949 bits per heavy atom. The number of hydrogen-bond acceptors (Lipinski definition) is 7. The lowest BCUT2D eigenvalue weighted by Crippen LogP contribution is -2.53. The van der Waals surface area contributed by atoms with Gasteiger partial charge in [-0.3, -0.25) is 19.8 Å². The largest absolute Gasteiger partial charge is 0.493 e. The van der Waals surface area contributed by atoms with Crippen molar-refractivity contribution in [3.8, 4) is 23.0 Å². The molecule has 4 amide bonds. The van der Waals surface area contributed by atoms with Gasteiger partial charge in [0.2, 0.25) is 0 Å². The number of rotatable bonds is 14. The Morgan fingerprint density at radius 2 is 1.74 bits per heavy atom. The standard InChI is InChI=1S/C30H34N2O7/c1-6-10-22-15-21(18-26(37-9-4)27(22)39-14-8-3)16-23-28(33)31-30(35)32(29(23)34)19-20-11-12-24(38-13-7-2)25(17-20)36-5/h6,8,11-12,15-18H,1,3,7,9-10,13-14,19H2,2,4-5H3,(H,31,33,35)/b23-16+. The average Bonchev–Trinajstić information content (AvgIpc) is 2.92. The third-order valence-corrected chi connectivity index (χ3v) is 5.69. The zero-order valence-corrected chi connectivity index (χ0v) is 22.6. The number of urea groups is 1. The van der Waals surface area contributed by atoms with Gasteiger partial charge in [0, 0.05) is 5.56 Å². The molecule has 0 unspecified atom stereocenters. The fraction of sp³-hybridized carbons (Fsp3) is 0.300. The maximum absolute atomic E-state index is 13.4. The van der Waals surface area contributed by atoms with E-state index in [1.54, 1.807) is 42.5 Å². The van der Waals surface area contributed by atoms with Crippen LogP contribution in [0, 0.1) is 0 Å². The first-order chi connectivity index (χ1) is 18.9. The van der Waals surface area contributed by atoms with E-state index in [4.69, 9.17) is 18.9 Å². The number of carbonyl (C=O) groups is 3. The van der Waals surface area contributed by atoms with Crippen LogP contribution in [-0.4, -0.2) is 49.7 Å². The van der Waals surface area contributed by atoms with E-state index in [1.807, 2.05) is 13.8 Å². The summed E-state index contributed by atoms with van der Waals surface area (Å²) in [5.74, 6) is 0.542. The van der Waals surface area contributed by atoms with E-state index in [0.29, 0.717) is 53.8 Å². The van der Waals surface area contributed by atoms with Crippen LogP contribution in [-0.2, 0) is 22.6 Å². The molecule has 0 radical (unpaired) electrons. The van der Waals surface area contributed by atoms with E-state index in [0.717, 1.165) is 16.9 Å². The second kappa shape index (κ2) is 13.9. The van der Waals surface area contributed by atoms with E-state index in [-0.39, 0.29) is 18.7 Å². The van der Waals surface area contributed by atoms with Crippen LogP contribution in [0.5, 0.6) is 23.0 Å². The van der Waals surface area contributed by atoms with Crippen molar-refractivity contribution in [2.24, 2.45) is 0 Å². The first kappa shape index (κ1) is 29.0. The van der Waals surface area contributed by atoms with Gasteiger partial charge in [0.25, 0.3) is 11.8 Å². The second-order valence-electron chi connectivity index (χ2n) is 8.58. The van der Waals surface area contributed by atoms with Crippen LogP contribution >= 0.6 is 0 Å². The smallest absolute Gasteiger partial charge is 0.331 e. The lowest BCUT2D eigenvalue weighted by Gasteiger charge is -2.26. The Kier molecular flexibility index (Phi) is 10.3. The molecule has 39 heavy (non-hydrogen) atoms. The molecule has 9 nitrogen and oxygen atoms in total. The summed E-state index contributed by atoms with van der Waals surface area (Å²) < 4.78 is 22.7. The van der Waals surface area contributed by atoms with Gasteiger partial charge in [-0.15, -0.1) is 6.58 Å². The van der Waals surface area contributed by atoms with Crippen LogP contribution in [0.4, 0.5) is 4.79 Å². The summed E-state index contributed by atoms with van der Waals surface area (Å²) in [6.07, 6.45) is 6.08. The van der Waals surface area contributed by atoms with E-state index in [1.165, 1.54) is 13.2 Å². The van der Waals surface area contributed by atoms with Crippen molar-refractivity contribution in [2.45, 2.75) is 33.2 Å². The third kappa shape index (κ3) is 7.07. The summed E-state index contributed by atoms with van der Waals surface area (Å²) in [6, 6.07) is 7.84. The molecular weight excluding hydrogens is 500 g/mol. The molecular formula is C30H34N2O7. The molecule has 2 aromatic rings. The highest BCUT2D eigenvalue weighted by Gasteiger charge is 2.36. The molecule has 0 spiro atoms. The second-order valence-corrected chi connectivity index (χ2v) is 8.58. The van der Waals surface area contributed by atoms with E-state index in [2.05, 4.69) is 18.5 Å². The van der Waals surface area contributed by atoms with Gasteiger partial charge in [-0.2, -0.15) is 0 Å². The Morgan fingerprint density at radius 3 is 2.41 bits per heavy atom. The number of allylic oxidation sites excluding steroid dienone is 1. The number of ether oxygens (including phenoxy) is 4. The fourth-order valence-electron chi connectivity index (χ4n) is 3.97. The third-order valence-electron chi connectivity index (χ3n) is 5.69. The highest BCUT2D eigenvalue weighted by Crippen LogP contribution is 2.35. The van der Waals surface area contributed by atoms with Gasteiger partial charge < -0.3 is 18.9 Å². The molecule has 0 aliphatic carbocycles. The normalized spacial score (nSPS) is 14.2. The molecule has 2 aromatic carbocycles. The Labute approximate surface area is 228 Å². The first-order valence-electron chi connectivity index (χ1n) is 12.7. The molecule has 9 heteroatoms. The molecule has 1 aliphatic rings.